The number of non-ortho nitro benzene ring substituents is 1. The fourth-order valence-corrected chi connectivity index (χ4v) is 5.03. The van der Waals surface area contributed by atoms with E-state index in [4.69, 9.17) is 0 Å². The van der Waals surface area contributed by atoms with Gasteiger partial charge in [-0.3, -0.25) is 10.1 Å². The average Bonchev–Trinajstić information content (AvgIpc) is 3.28. The van der Waals surface area contributed by atoms with Crippen LogP contribution in [0.2, 0.25) is 0 Å². The molecule has 2 N–H and O–H groups in total. The van der Waals surface area contributed by atoms with Crippen molar-refractivity contribution in [1.29, 1.82) is 0 Å². The fourth-order valence-electron chi connectivity index (χ4n) is 2.79. The molecule has 1 aromatic carbocycles. The maximum absolute atomic E-state index is 12.6. The zero-order valence-electron chi connectivity index (χ0n) is 13.5. The molecule has 1 aliphatic carbocycles. The van der Waals surface area contributed by atoms with Crippen molar-refractivity contribution in [3.05, 3.63) is 56.3 Å². The number of nitrogens with zero attached hydrogens (tertiary/aromatic N) is 1. The second-order valence-electron chi connectivity index (χ2n) is 6.21. The summed E-state index contributed by atoms with van der Waals surface area (Å²) in [6, 6.07) is 7.31. The Labute approximate surface area is 149 Å². The zero-order chi connectivity index (χ0) is 18.2. The second kappa shape index (κ2) is 6.49. The minimum absolute atomic E-state index is 0.0139. The lowest BCUT2D eigenvalue weighted by Gasteiger charge is -2.27. The standard InChI is InChI=1S/C16H18N2O5S2/c1-11-4-7-13(18(20)21)9-14(11)25(22,23)17-10-16(19,12-5-6-12)15-3-2-8-24-15/h2-4,7-9,12,17,19H,5-6,10H2,1H3. The third-order valence-electron chi connectivity index (χ3n) is 4.40. The summed E-state index contributed by atoms with van der Waals surface area (Å²) >= 11 is 1.38. The van der Waals surface area contributed by atoms with Crippen LogP contribution in [0.3, 0.4) is 0 Å². The molecular formula is C16H18N2O5S2. The van der Waals surface area contributed by atoms with Gasteiger partial charge in [0.05, 0.1) is 9.82 Å². The molecule has 1 aliphatic rings. The van der Waals surface area contributed by atoms with Gasteiger partial charge >= 0.3 is 0 Å². The first-order valence-electron chi connectivity index (χ1n) is 7.75. The van der Waals surface area contributed by atoms with Crippen molar-refractivity contribution in [2.45, 2.75) is 30.3 Å². The number of nitro groups is 1. The molecule has 0 bridgehead atoms. The van der Waals surface area contributed by atoms with Gasteiger partial charge in [0.25, 0.3) is 5.69 Å². The molecule has 25 heavy (non-hydrogen) atoms. The summed E-state index contributed by atoms with van der Waals surface area (Å²) in [5.41, 5.74) is -1.14. The fraction of sp³-hybridized carbons (Fsp3) is 0.375. The minimum atomic E-state index is -3.99. The maximum Gasteiger partial charge on any atom is 0.270 e. The lowest BCUT2D eigenvalue weighted by molar-refractivity contribution is -0.385. The maximum atomic E-state index is 12.6. The predicted molar refractivity (Wildman–Crippen MR) is 94.0 cm³/mol. The molecule has 0 radical (unpaired) electrons. The summed E-state index contributed by atoms with van der Waals surface area (Å²) in [7, 11) is -3.99. The Morgan fingerprint density at radius 1 is 1.40 bits per heavy atom. The van der Waals surface area contributed by atoms with Crippen molar-refractivity contribution < 1.29 is 18.4 Å². The molecule has 1 aromatic heterocycles. The Balaban J connectivity index is 1.87. The van der Waals surface area contributed by atoms with Gasteiger partial charge in [-0.1, -0.05) is 12.1 Å². The minimum Gasteiger partial charge on any atom is -0.383 e. The lowest BCUT2D eigenvalue weighted by atomic mass is 9.96. The predicted octanol–water partition coefficient (Wildman–Crippen LogP) is 2.54. The molecule has 1 atom stereocenters. The van der Waals surface area contributed by atoms with Gasteiger partial charge < -0.3 is 5.11 Å². The molecule has 0 spiro atoms. The molecule has 1 unspecified atom stereocenters. The van der Waals surface area contributed by atoms with E-state index >= 15 is 0 Å². The van der Waals surface area contributed by atoms with E-state index in [0.717, 1.165) is 18.9 Å². The van der Waals surface area contributed by atoms with Gasteiger partial charge in [-0.05, 0) is 42.7 Å². The van der Waals surface area contributed by atoms with Crippen LogP contribution in [0.4, 0.5) is 5.69 Å². The van der Waals surface area contributed by atoms with Crippen molar-refractivity contribution in [3.63, 3.8) is 0 Å². The summed E-state index contributed by atoms with van der Waals surface area (Å²) in [6.45, 7) is 1.41. The Kier molecular flexibility index (Phi) is 4.67. The summed E-state index contributed by atoms with van der Waals surface area (Å²) in [6.07, 6.45) is 1.68. The van der Waals surface area contributed by atoms with Crippen LogP contribution in [-0.2, 0) is 15.6 Å². The quantitative estimate of drug-likeness (QED) is 0.565. The van der Waals surface area contributed by atoms with E-state index in [-0.39, 0.29) is 23.0 Å². The van der Waals surface area contributed by atoms with Crippen LogP contribution in [0.5, 0.6) is 0 Å². The van der Waals surface area contributed by atoms with Crippen LogP contribution in [0.1, 0.15) is 23.3 Å². The number of benzene rings is 1. The van der Waals surface area contributed by atoms with E-state index < -0.39 is 20.5 Å². The molecule has 1 saturated carbocycles. The van der Waals surface area contributed by atoms with Crippen LogP contribution < -0.4 is 4.72 Å². The van der Waals surface area contributed by atoms with Gasteiger partial charge in [-0.25, -0.2) is 13.1 Å². The van der Waals surface area contributed by atoms with Crippen LogP contribution in [-0.4, -0.2) is 25.0 Å². The van der Waals surface area contributed by atoms with E-state index in [1.54, 1.807) is 13.0 Å². The highest BCUT2D eigenvalue weighted by atomic mass is 32.2. The summed E-state index contributed by atoms with van der Waals surface area (Å²) < 4.78 is 27.7. The Bertz CT molecular complexity index is 891. The van der Waals surface area contributed by atoms with Crippen molar-refractivity contribution in [3.8, 4) is 0 Å². The normalized spacial score (nSPS) is 17.2. The van der Waals surface area contributed by atoms with E-state index in [2.05, 4.69) is 4.72 Å². The first-order chi connectivity index (χ1) is 11.7. The van der Waals surface area contributed by atoms with Gasteiger partial charge in [0.2, 0.25) is 10.0 Å². The Morgan fingerprint density at radius 2 is 2.12 bits per heavy atom. The molecular weight excluding hydrogens is 364 g/mol. The average molecular weight is 382 g/mol. The number of nitro benzene ring substituents is 1. The lowest BCUT2D eigenvalue weighted by Crippen LogP contribution is -2.42. The van der Waals surface area contributed by atoms with E-state index in [0.29, 0.717) is 10.4 Å². The monoisotopic (exact) mass is 382 g/mol. The first kappa shape index (κ1) is 18.0. The third-order valence-corrected chi connectivity index (χ3v) is 6.98. The smallest absolute Gasteiger partial charge is 0.270 e. The van der Waals surface area contributed by atoms with Crippen molar-refractivity contribution in [2.24, 2.45) is 5.92 Å². The zero-order valence-corrected chi connectivity index (χ0v) is 15.1. The number of thiophene rings is 1. The van der Waals surface area contributed by atoms with Crippen LogP contribution >= 0.6 is 11.3 Å². The van der Waals surface area contributed by atoms with Gasteiger partial charge in [0.15, 0.2) is 0 Å². The molecule has 1 heterocycles. The SMILES string of the molecule is Cc1ccc([N+](=O)[O-])cc1S(=O)(=O)NCC(O)(c1cccs1)C1CC1. The summed E-state index contributed by atoms with van der Waals surface area (Å²) in [5.74, 6) is 0.0139. The molecule has 7 nitrogen and oxygen atoms in total. The van der Waals surface area contributed by atoms with Crippen LogP contribution in [0.25, 0.3) is 0 Å². The molecule has 0 amide bonds. The number of rotatable bonds is 7. The highest BCUT2D eigenvalue weighted by Crippen LogP contribution is 2.46. The Hall–Kier alpha value is -1.81. The van der Waals surface area contributed by atoms with Crippen molar-refractivity contribution in [2.75, 3.05) is 6.54 Å². The number of nitrogens with one attached hydrogen (secondary N) is 1. The van der Waals surface area contributed by atoms with Crippen molar-refractivity contribution >= 4 is 27.0 Å². The third kappa shape index (κ3) is 3.59. The topological polar surface area (TPSA) is 110 Å². The summed E-state index contributed by atoms with van der Waals surface area (Å²) in [4.78, 5) is 10.8. The highest BCUT2D eigenvalue weighted by Gasteiger charge is 2.46. The number of aliphatic hydroxyl groups is 1. The molecule has 2 aromatic rings. The number of hydrogen-bond donors (Lipinski definition) is 2. The molecule has 0 aliphatic heterocycles. The largest absolute Gasteiger partial charge is 0.383 e. The highest BCUT2D eigenvalue weighted by molar-refractivity contribution is 7.89. The van der Waals surface area contributed by atoms with Crippen LogP contribution in [0.15, 0.2) is 40.6 Å². The summed E-state index contributed by atoms with van der Waals surface area (Å²) in [5, 5.41) is 23.8. The van der Waals surface area contributed by atoms with Gasteiger partial charge in [-0.15, -0.1) is 11.3 Å². The van der Waals surface area contributed by atoms with Gasteiger partial charge in [0, 0.05) is 23.6 Å². The molecule has 134 valence electrons. The van der Waals surface area contributed by atoms with Crippen molar-refractivity contribution in [1.82, 2.24) is 4.72 Å². The van der Waals surface area contributed by atoms with E-state index in [9.17, 15) is 23.6 Å². The number of aryl methyl sites for hydroxylation is 1. The molecule has 9 heteroatoms. The molecule has 3 rings (SSSR count). The molecule has 1 fully saturated rings. The van der Waals surface area contributed by atoms with Gasteiger partial charge in [-0.2, -0.15) is 0 Å². The van der Waals surface area contributed by atoms with Gasteiger partial charge in [0.1, 0.15) is 5.60 Å². The second-order valence-corrected chi connectivity index (χ2v) is 8.89. The number of sulfonamides is 1. The van der Waals surface area contributed by atoms with E-state index in [1.165, 1.54) is 23.5 Å². The number of hydrogen-bond acceptors (Lipinski definition) is 6. The Morgan fingerprint density at radius 3 is 2.68 bits per heavy atom. The van der Waals surface area contributed by atoms with E-state index in [1.807, 2.05) is 11.4 Å². The first-order valence-corrected chi connectivity index (χ1v) is 10.1. The van der Waals surface area contributed by atoms with Crippen LogP contribution in [0, 0.1) is 23.0 Å². The molecule has 0 saturated heterocycles.